The van der Waals surface area contributed by atoms with Crippen LogP contribution < -0.4 is 29.6 Å². The molecule has 0 rings (SSSR count). The Labute approximate surface area is 86.4 Å². The summed E-state index contributed by atoms with van der Waals surface area (Å²) in [5, 5.41) is 8.44. The van der Waals surface area contributed by atoms with Gasteiger partial charge in [-0.25, -0.2) is 0 Å². The smallest absolute Gasteiger partial charge is 0.481 e. The van der Waals surface area contributed by atoms with Gasteiger partial charge in [-0.3, -0.25) is 4.79 Å². The number of rotatable bonds is 1. The minimum atomic E-state index is -0.833. The summed E-state index contributed by atoms with van der Waals surface area (Å²) < 4.78 is 0. The molecule has 2 nitrogen and oxygen atoms in total. The second-order valence-electron chi connectivity index (χ2n) is 1.06. The quantitative estimate of drug-likeness (QED) is 0.328. The van der Waals surface area contributed by atoms with Crippen molar-refractivity contribution in [1.82, 2.24) is 0 Å². The largest absolute Gasteiger partial charge is 1.00 e. The molecular formula is C5H10BrNaO2. The van der Waals surface area contributed by atoms with Crippen LogP contribution in [0.3, 0.4) is 0 Å². The van der Waals surface area contributed by atoms with Gasteiger partial charge in [0.2, 0.25) is 0 Å². The van der Waals surface area contributed by atoms with Crippen molar-refractivity contribution in [2.75, 3.05) is 5.33 Å². The van der Waals surface area contributed by atoms with E-state index in [0.29, 0.717) is 0 Å². The Hall–Kier alpha value is 0.950. The predicted octanol–water partition coefficient (Wildman–Crippen LogP) is -1.30. The maximum atomic E-state index is 9.00. The minimum Gasteiger partial charge on any atom is -0.481 e. The molecule has 0 aliphatic rings. The second-order valence-corrected chi connectivity index (χ2v) is 1.85. The number of halogens is 1. The number of hydrogen-bond acceptors (Lipinski definition) is 1. The SMILES string of the molecule is CC(=O)O.[CH2-]CCBr.[Na+]. The van der Waals surface area contributed by atoms with Gasteiger partial charge in [-0.1, -0.05) is 15.9 Å². The first-order chi connectivity index (χ1) is 3.65. The van der Waals surface area contributed by atoms with Crippen molar-refractivity contribution in [1.29, 1.82) is 0 Å². The molecule has 0 spiro atoms. The van der Waals surface area contributed by atoms with Crippen molar-refractivity contribution in [3.05, 3.63) is 6.92 Å². The topological polar surface area (TPSA) is 37.3 Å². The third-order valence-corrected chi connectivity index (χ3v) is 0.694. The van der Waals surface area contributed by atoms with Crippen molar-refractivity contribution in [3.63, 3.8) is 0 Å². The van der Waals surface area contributed by atoms with Crippen LogP contribution in [0.15, 0.2) is 0 Å². The van der Waals surface area contributed by atoms with Crippen molar-refractivity contribution >= 4 is 21.9 Å². The molecule has 4 heteroatoms. The van der Waals surface area contributed by atoms with Crippen LogP contribution in [0.2, 0.25) is 0 Å². The van der Waals surface area contributed by atoms with E-state index in [0.717, 1.165) is 18.7 Å². The fraction of sp³-hybridized carbons (Fsp3) is 0.600. The van der Waals surface area contributed by atoms with Crippen LogP contribution in [0.25, 0.3) is 0 Å². The molecule has 0 amide bonds. The molecule has 0 saturated carbocycles. The van der Waals surface area contributed by atoms with Gasteiger partial charge in [-0.05, 0) is 5.33 Å². The van der Waals surface area contributed by atoms with E-state index < -0.39 is 5.97 Å². The number of carboxylic acid groups (broad SMARTS) is 1. The third kappa shape index (κ3) is 114. The molecule has 0 aromatic rings. The summed E-state index contributed by atoms with van der Waals surface area (Å²) in [7, 11) is 0. The molecule has 0 unspecified atom stereocenters. The zero-order valence-electron chi connectivity index (χ0n) is 5.85. The first-order valence-electron chi connectivity index (χ1n) is 2.19. The average molecular weight is 205 g/mol. The molecule has 0 bridgehead atoms. The molecule has 0 saturated heterocycles. The van der Waals surface area contributed by atoms with Crippen molar-refractivity contribution < 1.29 is 39.5 Å². The Morgan fingerprint density at radius 1 is 1.78 bits per heavy atom. The van der Waals surface area contributed by atoms with Gasteiger partial charge >= 0.3 is 29.6 Å². The van der Waals surface area contributed by atoms with E-state index >= 15 is 0 Å². The van der Waals surface area contributed by atoms with Gasteiger partial charge in [0.25, 0.3) is 5.97 Å². The molecule has 0 aliphatic carbocycles. The summed E-state index contributed by atoms with van der Waals surface area (Å²) in [5.41, 5.74) is 0. The van der Waals surface area contributed by atoms with Crippen LogP contribution in [-0.2, 0) is 4.79 Å². The van der Waals surface area contributed by atoms with Gasteiger partial charge in [0, 0.05) is 6.92 Å². The molecular weight excluding hydrogens is 195 g/mol. The van der Waals surface area contributed by atoms with E-state index in [2.05, 4.69) is 22.9 Å². The molecule has 1 N–H and O–H groups in total. The summed E-state index contributed by atoms with van der Waals surface area (Å²) in [5.74, 6) is -0.833. The van der Waals surface area contributed by atoms with Gasteiger partial charge in [0.1, 0.15) is 0 Å². The normalized spacial score (nSPS) is 6.11. The van der Waals surface area contributed by atoms with E-state index in [9.17, 15) is 0 Å². The minimum absolute atomic E-state index is 0. The molecule has 0 fully saturated rings. The van der Waals surface area contributed by atoms with Gasteiger partial charge in [0.15, 0.2) is 0 Å². The van der Waals surface area contributed by atoms with E-state index in [-0.39, 0.29) is 29.6 Å². The van der Waals surface area contributed by atoms with Crippen LogP contribution in [0.5, 0.6) is 0 Å². The molecule has 0 radical (unpaired) electrons. The Balaban J connectivity index is -0.0000000720. The average Bonchev–Trinajstić information content (AvgIpc) is 1.65. The molecule has 0 atom stereocenters. The first-order valence-corrected chi connectivity index (χ1v) is 3.32. The Kier molecular flexibility index (Phi) is 29.3. The van der Waals surface area contributed by atoms with E-state index in [1.807, 2.05) is 0 Å². The molecule has 0 heterocycles. The summed E-state index contributed by atoms with van der Waals surface area (Å²) >= 11 is 3.19. The molecule has 0 aromatic heterocycles. The van der Waals surface area contributed by atoms with E-state index in [4.69, 9.17) is 9.90 Å². The van der Waals surface area contributed by atoms with Crippen molar-refractivity contribution in [2.24, 2.45) is 0 Å². The summed E-state index contributed by atoms with van der Waals surface area (Å²) in [6.07, 6.45) is 0.986. The molecule has 50 valence electrons. The Morgan fingerprint density at radius 2 is 1.89 bits per heavy atom. The maximum absolute atomic E-state index is 9.00. The number of aliphatic carboxylic acids is 1. The molecule has 0 aromatic carbocycles. The van der Waals surface area contributed by atoms with Gasteiger partial charge in [-0.15, -0.1) is 0 Å². The first kappa shape index (κ1) is 16.5. The zero-order valence-corrected chi connectivity index (χ0v) is 9.44. The number of carboxylic acids is 1. The van der Waals surface area contributed by atoms with Crippen molar-refractivity contribution in [3.8, 4) is 0 Å². The maximum Gasteiger partial charge on any atom is 1.00 e. The van der Waals surface area contributed by atoms with Crippen LogP contribution >= 0.6 is 15.9 Å². The summed E-state index contributed by atoms with van der Waals surface area (Å²) in [6, 6.07) is 0. The summed E-state index contributed by atoms with van der Waals surface area (Å²) in [6.45, 7) is 4.64. The van der Waals surface area contributed by atoms with Crippen LogP contribution in [0, 0.1) is 6.92 Å². The Bertz CT molecular complexity index is 52.9. The van der Waals surface area contributed by atoms with Gasteiger partial charge < -0.3 is 12.0 Å². The number of hydrogen-bond donors (Lipinski definition) is 1. The van der Waals surface area contributed by atoms with E-state index in [1.165, 1.54) is 0 Å². The second kappa shape index (κ2) is 16.0. The molecule has 9 heavy (non-hydrogen) atoms. The molecule has 0 aliphatic heterocycles. The fourth-order valence-electron chi connectivity index (χ4n) is 0. The van der Waals surface area contributed by atoms with Crippen molar-refractivity contribution in [2.45, 2.75) is 13.3 Å². The third-order valence-electron chi connectivity index (χ3n) is 0.134. The Morgan fingerprint density at radius 3 is 1.89 bits per heavy atom. The van der Waals surface area contributed by atoms with Crippen LogP contribution in [0.4, 0.5) is 0 Å². The standard InChI is InChI=1S/C3H6Br.C2H4O2.Na/c1-2-3-4;1-2(3)4;/h1-3H2;1H3,(H,3,4);/q-1;;+1. The zero-order chi connectivity index (χ0) is 6.99. The van der Waals surface area contributed by atoms with Crippen LogP contribution in [-0.4, -0.2) is 16.4 Å². The predicted molar refractivity (Wildman–Crippen MR) is 37.1 cm³/mol. The van der Waals surface area contributed by atoms with Gasteiger partial charge in [-0.2, -0.15) is 6.42 Å². The summed E-state index contributed by atoms with van der Waals surface area (Å²) in [4.78, 5) is 9.00. The number of alkyl halides is 1. The fourth-order valence-corrected chi connectivity index (χ4v) is 0. The van der Waals surface area contributed by atoms with E-state index in [1.54, 1.807) is 0 Å². The van der Waals surface area contributed by atoms with Crippen LogP contribution in [0.1, 0.15) is 13.3 Å². The monoisotopic (exact) mass is 204 g/mol. The number of carbonyl (C=O) groups is 1. The van der Waals surface area contributed by atoms with Gasteiger partial charge in [0.05, 0.1) is 0 Å².